The van der Waals surface area contributed by atoms with E-state index in [-0.39, 0.29) is 5.91 Å². The Bertz CT molecular complexity index is 766. The minimum absolute atomic E-state index is 0.0506. The SMILES string of the molecule is Cc1nc(C(=O)N2CCC(COc3cc(C4CCC4)ncn3)CC2)cs1. The molecule has 3 heterocycles. The predicted molar refractivity (Wildman–Crippen MR) is 99.6 cm³/mol. The molecule has 0 atom stereocenters. The molecule has 0 N–H and O–H groups in total. The summed E-state index contributed by atoms with van der Waals surface area (Å²) in [6.45, 7) is 4.11. The summed E-state index contributed by atoms with van der Waals surface area (Å²) in [6, 6.07) is 1.99. The van der Waals surface area contributed by atoms with Crippen molar-refractivity contribution in [3.63, 3.8) is 0 Å². The maximum Gasteiger partial charge on any atom is 0.273 e. The summed E-state index contributed by atoms with van der Waals surface area (Å²) < 4.78 is 5.92. The van der Waals surface area contributed by atoms with Crippen molar-refractivity contribution in [2.75, 3.05) is 19.7 Å². The van der Waals surface area contributed by atoms with Gasteiger partial charge in [-0.15, -0.1) is 11.3 Å². The van der Waals surface area contributed by atoms with Crippen molar-refractivity contribution in [1.29, 1.82) is 0 Å². The highest BCUT2D eigenvalue weighted by molar-refractivity contribution is 7.09. The summed E-state index contributed by atoms with van der Waals surface area (Å²) in [5.41, 5.74) is 1.69. The third-order valence-electron chi connectivity index (χ3n) is 5.39. The Morgan fingerprint density at radius 1 is 1.27 bits per heavy atom. The second-order valence-electron chi connectivity index (χ2n) is 7.21. The highest BCUT2D eigenvalue weighted by atomic mass is 32.1. The Labute approximate surface area is 157 Å². The summed E-state index contributed by atoms with van der Waals surface area (Å²) in [4.78, 5) is 27.3. The first kappa shape index (κ1) is 17.4. The first-order chi connectivity index (χ1) is 12.7. The number of piperidine rings is 1. The monoisotopic (exact) mass is 372 g/mol. The molecule has 0 spiro atoms. The quantitative estimate of drug-likeness (QED) is 0.804. The molecule has 2 aromatic heterocycles. The topological polar surface area (TPSA) is 68.2 Å². The summed E-state index contributed by atoms with van der Waals surface area (Å²) in [5, 5.41) is 2.78. The van der Waals surface area contributed by atoms with Crippen molar-refractivity contribution in [2.24, 2.45) is 5.92 Å². The number of thiazole rings is 1. The van der Waals surface area contributed by atoms with Gasteiger partial charge in [0.1, 0.15) is 12.0 Å². The number of ether oxygens (including phenoxy) is 1. The van der Waals surface area contributed by atoms with Crippen molar-refractivity contribution in [1.82, 2.24) is 19.9 Å². The molecule has 1 amide bonds. The molecule has 7 heteroatoms. The predicted octanol–water partition coefficient (Wildman–Crippen LogP) is 3.44. The summed E-state index contributed by atoms with van der Waals surface area (Å²) in [7, 11) is 0. The van der Waals surface area contributed by atoms with Gasteiger partial charge in [0.05, 0.1) is 17.3 Å². The number of aryl methyl sites for hydroxylation is 1. The van der Waals surface area contributed by atoms with E-state index in [9.17, 15) is 4.79 Å². The maximum atomic E-state index is 12.5. The van der Waals surface area contributed by atoms with Crippen LogP contribution < -0.4 is 4.74 Å². The minimum atomic E-state index is 0.0506. The summed E-state index contributed by atoms with van der Waals surface area (Å²) >= 11 is 1.52. The van der Waals surface area contributed by atoms with Crippen molar-refractivity contribution in [2.45, 2.75) is 44.9 Å². The number of aromatic nitrogens is 3. The first-order valence-corrected chi connectivity index (χ1v) is 10.2. The number of rotatable bonds is 5. The number of likely N-dealkylation sites (tertiary alicyclic amines) is 1. The minimum Gasteiger partial charge on any atom is -0.477 e. The molecular formula is C19H24N4O2S. The van der Waals surface area contributed by atoms with Gasteiger partial charge in [0.25, 0.3) is 5.91 Å². The molecule has 6 nitrogen and oxygen atoms in total. The van der Waals surface area contributed by atoms with Gasteiger partial charge in [-0.3, -0.25) is 4.79 Å². The fraction of sp³-hybridized carbons (Fsp3) is 0.579. The van der Waals surface area contributed by atoms with E-state index in [0.29, 0.717) is 30.0 Å². The van der Waals surface area contributed by atoms with Crippen LogP contribution in [0.2, 0.25) is 0 Å². The highest BCUT2D eigenvalue weighted by Crippen LogP contribution is 2.35. The van der Waals surface area contributed by atoms with Crippen LogP contribution in [0.25, 0.3) is 0 Å². The number of hydrogen-bond donors (Lipinski definition) is 0. The molecule has 1 aliphatic carbocycles. The average molecular weight is 372 g/mol. The van der Waals surface area contributed by atoms with E-state index in [1.165, 1.54) is 30.6 Å². The third kappa shape index (κ3) is 3.87. The van der Waals surface area contributed by atoms with Gasteiger partial charge in [-0.1, -0.05) is 6.42 Å². The van der Waals surface area contributed by atoms with Crippen LogP contribution in [0.15, 0.2) is 17.8 Å². The molecule has 1 saturated carbocycles. The van der Waals surface area contributed by atoms with Gasteiger partial charge in [-0.2, -0.15) is 0 Å². The van der Waals surface area contributed by atoms with Crippen molar-refractivity contribution in [3.8, 4) is 5.88 Å². The molecule has 0 bridgehead atoms. The van der Waals surface area contributed by atoms with Crippen LogP contribution in [0.1, 0.15) is 59.2 Å². The highest BCUT2D eigenvalue weighted by Gasteiger charge is 2.26. The van der Waals surface area contributed by atoms with Crippen LogP contribution in [0.4, 0.5) is 0 Å². The zero-order chi connectivity index (χ0) is 17.9. The lowest BCUT2D eigenvalue weighted by Gasteiger charge is -2.31. The van der Waals surface area contributed by atoms with E-state index in [1.807, 2.05) is 23.3 Å². The Morgan fingerprint density at radius 3 is 2.73 bits per heavy atom. The Kier molecular flexibility index (Phi) is 5.15. The van der Waals surface area contributed by atoms with Crippen LogP contribution in [-0.2, 0) is 0 Å². The summed E-state index contributed by atoms with van der Waals surface area (Å²) in [6.07, 6.45) is 7.26. The van der Waals surface area contributed by atoms with Gasteiger partial charge < -0.3 is 9.64 Å². The Morgan fingerprint density at radius 2 is 2.08 bits per heavy atom. The fourth-order valence-electron chi connectivity index (χ4n) is 3.49. The zero-order valence-electron chi connectivity index (χ0n) is 15.1. The van der Waals surface area contributed by atoms with E-state index < -0.39 is 0 Å². The van der Waals surface area contributed by atoms with Crippen LogP contribution in [-0.4, -0.2) is 45.5 Å². The lowest BCUT2D eigenvalue weighted by molar-refractivity contribution is 0.0654. The zero-order valence-corrected chi connectivity index (χ0v) is 15.9. The van der Waals surface area contributed by atoms with Gasteiger partial charge in [0.15, 0.2) is 0 Å². The molecule has 0 unspecified atom stereocenters. The van der Waals surface area contributed by atoms with Crippen molar-refractivity contribution >= 4 is 17.2 Å². The molecule has 26 heavy (non-hydrogen) atoms. The lowest BCUT2D eigenvalue weighted by atomic mass is 9.83. The normalized spacial score (nSPS) is 18.6. The average Bonchev–Trinajstić information content (AvgIpc) is 3.05. The van der Waals surface area contributed by atoms with Crippen LogP contribution in [0, 0.1) is 12.8 Å². The molecule has 0 aromatic carbocycles. The molecular weight excluding hydrogens is 348 g/mol. The second-order valence-corrected chi connectivity index (χ2v) is 8.27. The van der Waals surface area contributed by atoms with Crippen LogP contribution in [0.3, 0.4) is 0 Å². The van der Waals surface area contributed by atoms with Crippen molar-refractivity contribution in [3.05, 3.63) is 34.2 Å². The van der Waals surface area contributed by atoms with E-state index >= 15 is 0 Å². The molecule has 1 saturated heterocycles. The van der Waals surface area contributed by atoms with Gasteiger partial charge in [-0.25, -0.2) is 15.0 Å². The van der Waals surface area contributed by atoms with Gasteiger partial charge in [0.2, 0.25) is 5.88 Å². The maximum absolute atomic E-state index is 12.5. The molecule has 2 fully saturated rings. The molecule has 2 aromatic rings. The molecule has 2 aliphatic rings. The Hall–Kier alpha value is -2.02. The lowest BCUT2D eigenvalue weighted by Crippen LogP contribution is -2.39. The summed E-state index contributed by atoms with van der Waals surface area (Å²) in [5.74, 6) is 1.77. The van der Waals surface area contributed by atoms with Gasteiger partial charge in [-0.05, 0) is 38.5 Å². The largest absolute Gasteiger partial charge is 0.477 e. The smallest absolute Gasteiger partial charge is 0.273 e. The van der Waals surface area contributed by atoms with Gasteiger partial charge in [0, 0.05) is 30.5 Å². The van der Waals surface area contributed by atoms with E-state index in [2.05, 4.69) is 15.0 Å². The van der Waals surface area contributed by atoms with E-state index in [0.717, 1.165) is 36.6 Å². The van der Waals surface area contributed by atoms with Crippen LogP contribution >= 0.6 is 11.3 Å². The Balaban J connectivity index is 1.26. The standard InChI is InChI=1S/C19H24N4O2S/c1-13-22-17(11-26-13)19(24)23-7-5-14(6-8-23)10-25-18-9-16(20-12-21-18)15-3-2-4-15/h9,11-12,14-15H,2-8,10H2,1H3. The van der Waals surface area contributed by atoms with E-state index in [4.69, 9.17) is 4.74 Å². The molecule has 138 valence electrons. The first-order valence-electron chi connectivity index (χ1n) is 9.35. The number of hydrogen-bond acceptors (Lipinski definition) is 6. The number of carbonyl (C=O) groups is 1. The fourth-order valence-corrected chi connectivity index (χ4v) is 4.08. The second kappa shape index (κ2) is 7.70. The molecule has 1 aliphatic heterocycles. The van der Waals surface area contributed by atoms with Crippen LogP contribution in [0.5, 0.6) is 5.88 Å². The third-order valence-corrected chi connectivity index (χ3v) is 6.17. The number of amides is 1. The number of carbonyl (C=O) groups excluding carboxylic acids is 1. The van der Waals surface area contributed by atoms with E-state index in [1.54, 1.807) is 6.33 Å². The van der Waals surface area contributed by atoms with Crippen molar-refractivity contribution < 1.29 is 9.53 Å². The number of nitrogens with zero attached hydrogens (tertiary/aromatic N) is 4. The van der Waals surface area contributed by atoms with Gasteiger partial charge >= 0.3 is 0 Å². The molecule has 4 rings (SSSR count). The molecule has 0 radical (unpaired) electrons.